The number of anilines is 2. The Hall–Kier alpha value is -3.20. The maximum atomic E-state index is 13.6. The van der Waals surface area contributed by atoms with Gasteiger partial charge in [0.2, 0.25) is 0 Å². The second-order valence-corrected chi connectivity index (χ2v) is 7.64. The number of urea groups is 1. The fourth-order valence-corrected chi connectivity index (χ4v) is 3.80. The van der Waals surface area contributed by atoms with Gasteiger partial charge in [0.15, 0.2) is 0 Å². The monoisotopic (exact) mass is 447 g/mol. The van der Waals surface area contributed by atoms with Crippen molar-refractivity contribution in [2.45, 2.75) is 13.0 Å². The van der Waals surface area contributed by atoms with Gasteiger partial charge in [0.25, 0.3) is 5.91 Å². The number of fused-ring (bicyclic) bond motifs is 1. The third kappa shape index (κ3) is 4.93. The van der Waals surface area contributed by atoms with E-state index < -0.39 is 11.8 Å². The van der Waals surface area contributed by atoms with E-state index in [4.69, 9.17) is 16.3 Å². The maximum Gasteiger partial charge on any atom is 0.315 e. The molecule has 2 aliphatic heterocycles. The SMILES string of the molecule is O=C(NCC(=O)N1CCCN1c1cc(F)ccc1Cl)NCc1ccc2c(c1)OCCN2. The molecule has 0 aromatic heterocycles. The summed E-state index contributed by atoms with van der Waals surface area (Å²) in [6.07, 6.45) is 0.722. The summed E-state index contributed by atoms with van der Waals surface area (Å²) in [5, 5.41) is 12.0. The van der Waals surface area contributed by atoms with Gasteiger partial charge in [-0.2, -0.15) is 0 Å². The van der Waals surface area contributed by atoms with Gasteiger partial charge in [0.1, 0.15) is 24.7 Å². The summed E-state index contributed by atoms with van der Waals surface area (Å²) in [6, 6.07) is 9.25. The number of nitrogens with one attached hydrogen (secondary N) is 3. The van der Waals surface area contributed by atoms with Gasteiger partial charge in [0, 0.05) is 32.2 Å². The summed E-state index contributed by atoms with van der Waals surface area (Å²) < 4.78 is 19.2. The molecule has 0 saturated carbocycles. The highest BCUT2D eigenvalue weighted by atomic mass is 35.5. The van der Waals surface area contributed by atoms with Crippen molar-refractivity contribution in [1.82, 2.24) is 15.6 Å². The second-order valence-electron chi connectivity index (χ2n) is 7.23. The lowest BCUT2D eigenvalue weighted by Gasteiger charge is -2.30. The number of hydrogen-bond acceptors (Lipinski definition) is 5. The molecule has 2 aliphatic rings. The number of amides is 3. The molecular formula is C21H23ClFN5O3. The average molecular weight is 448 g/mol. The molecule has 3 amide bonds. The molecule has 0 bridgehead atoms. The van der Waals surface area contributed by atoms with E-state index in [0.29, 0.717) is 37.0 Å². The van der Waals surface area contributed by atoms with E-state index >= 15 is 0 Å². The lowest BCUT2D eigenvalue weighted by molar-refractivity contribution is -0.129. The topological polar surface area (TPSA) is 85.9 Å². The normalized spacial score (nSPS) is 15.0. The molecule has 2 heterocycles. The van der Waals surface area contributed by atoms with Crippen molar-refractivity contribution in [3.05, 3.63) is 52.8 Å². The fourth-order valence-electron chi connectivity index (χ4n) is 3.59. The third-order valence-corrected chi connectivity index (χ3v) is 5.40. The van der Waals surface area contributed by atoms with Crippen LogP contribution in [0.2, 0.25) is 5.02 Å². The molecule has 0 radical (unpaired) electrons. The minimum absolute atomic E-state index is 0.188. The summed E-state index contributed by atoms with van der Waals surface area (Å²) in [5.41, 5.74) is 2.25. The molecule has 2 aromatic carbocycles. The zero-order valence-corrected chi connectivity index (χ0v) is 17.5. The van der Waals surface area contributed by atoms with Crippen LogP contribution in [0.1, 0.15) is 12.0 Å². The minimum Gasteiger partial charge on any atom is -0.490 e. The molecule has 3 N–H and O–H groups in total. The molecule has 8 nitrogen and oxygen atoms in total. The van der Waals surface area contributed by atoms with Crippen LogP contribution in [0, 0.1) is 5.82 Å². The van der Waals surface area contributed by atoms with Gasteiger partial charge < -0.3 is 20.7 Å². The summed E-state index contributed by atoms with van der Waals surface area (Å²) in [7, 11) is 0. The van der Waals surface area contributed by atoms with Crippen LogP contribution in [0.15, 0.2) is 36.4 Å². The molecular weight excluding hydrogens is 425 g/mol. The van der Waals surface area contributed by atoms with Crippen LogP contribution in [-0.4, -0.2) is 49.7 Å². The zero-order chi connectivity index (χ0) is 21.8. The van der Waals surface area contributed by atoms with Crippen molar-refractivity contribution in [1.29, 1.82) is 0 Å². The largest absolute Gasteiger partial charge is 0.490 e. The van der Waals surface area contributed by atoms with Crippen LogP contribution >= 0.6 is 11.6 Å². The third-order valence-electron chi connectivity index (χ3n) is 5.08. The van der Waals surface area contributed by atoms with Crippen LogP contribution in [0.25, 0.3) is 0 Å². The van der Waals surface area contributed by atoms with Crippen molar-refractivity contribution in [2.24, 2.45) is 0 Å². The molecule has 164 valence electrons. The lowest BCUT2D eigenvalue weighted by Crippen LogP contribution is -2.48. The van der Waals surface area contributed by atoms with Crippen molar-refractivity contribution < 1.29 is 18.7 Å². The molecule has 31 heavy (non-hydrogen) atoms. The van der Waals surface area contributed by atoms with Crippen molar-refractivity contribution >= 4 is 34.9 Å². The molecule has 2 aromatic rings. The van der Waals surface area contributed by atoms with E-state index in [1.165, 1.54) is 23.2 Å². The molecule has 10 heteroatoms. The lowest BCUT2D eigenvalue weighted by atomic mass is 10.1. The molecule has 4 rings (SSSR count). The summed E-state index contributed by atoms with van der Waals surface area (Å²) >= 11 is 6.18. The number of rotatable bonds is 5. The first-order valence-electron chi connectivity index (χ1n) is 10.1. The Kier molecular flexibility index (Phi) is 6.31. The van der Waals surface area contributed by atoms with E-state index in [0.717, 1.165) is 30.0 Å². The number of ether oxygens (including phenoxy) is 1. The van der Waals surface area contributed by atoms with Crippen LogP contribution < -0.4 is 25.7 Å². The molecule has 1 fully saturated rings. The Morgan fingerprint density at radius 1 is 1.16 bits per heavy atom. The first-order chi connectivity index (χ1) is 15.0. The Balaban J connectivity index is 1.29. The highest BCUT2D eigenvalue weighted by Gasteiger charge is 2.28. The smallest absolute Gasteiger partial charge is 0.315 e. The van der Waals surface area contributed by atoms with Gasteiger partial charge in [-0.05, 0) is 36.2 Å². The number of carbonyl (C=O) groups is 2. The molecule has 0 atom stereocenters. The Bertz CT molecular complexity index is 989. The van der Waals surface area contributed by atoms with Gasteiger partial charge in [-0.15, -0.1) is 0 Å². The molecule has 1 saturated heterocycles. The molecule has 0 unspecified atom stereocenters. The standard InChI is InChI=1S/C21H23ClFN5O3/c22-16-4-3-15(23)11-18(16)27-7-1-8-28(27)20(29)13-26-21(30)25-12-14-2-5-17-19(10-14)31-9-6-24-17/h2-5,10-11,24H,1,6-9,12-13H2,(H2,25,26,30). The summed E-state index contributed by atoms with van der Waals surface area (Å²) in [4.78, 5) is 24.8. The number of halogens is 2. The fraction of sp³-hybridized carbons (Fsp3) is 0.333. The van der Waals surface area contributed by atoms with Crippen molar-refractivity contribution in [2.75, 3.05) is 43.1 Å². The Morgan fingerprint density at radius 3 is 2.90 bits per heavy atom. The van der Waals surface area contributed by atoms with E-state index in [1.54, 1.807) is 5.01 Å². The average Bonchev–Trinajstić information content (AvgIpc) is 3.27. The molecule has 0 spiro atoms. The van der Waals surface area contributed by atoms with E-state index in [-0.39, 0.29) is 12.5 Å². The van der Waals surface area contributed by atoms with E-state index in [9.17, 15) is 14.0 Å². The van der Waals surface area contributed by atoms with Gasteiger partial charge in [0.05, 0.1) is 16.4 Å². The minimum atomic E-state index is -0.459. The zero-order valence-electron chi connectivity index (χ0n) is 16.8. The van der Waals surface area contributed by atoms with Crippen molar-refractivity contribution in [3.63, 3.8) is 0 Å². The van der Waals surface area contributed by atoms with Crippen molar-refractivity contribution in [3.8, 4) is 5.75 Å². The van der Waals surface area contributed by atoms with Crippen LogP contribution in [-0.2, 0) is 11.3 Å². The van der Waals surface area contributed by atoms with Crippen LogP contribution in [0.3, 0.4) is 0 Å². The quantitative estimate of drug-likeness (QED) is 0.656. The van der Waals surface area contributed by atoms with Gasteiger partial charge in [-0.1, -0.05) is 17.7 Å². The first kappa shape index (κ1) is 21.0. The number of benzene rings is 2. The summed E-state index contributed by atoms with van der Waals surface area (Å²) in [6.45, 7) is 2.48. The van der Waals surface area contributed by atoms with Crippen LogP contribution in [0.5, 0.6) is 5.75 Å². The van der Waals surface area contributed by atoms with Gasteiger partial charge in [-0.25, -0.2) is 9.18 Å². The summed E-state index contributed by atoms with van der Waals surface area (Å²) in [5.74, 6) is 0.0204. The van der Waals surface area contributed by atoms with E-state index in [2.05, 4.69) is 16.0 Å². The first-order valence-corrected chi connectivity index (χ1v) is 10.4. The number of carbonyl (C=O) groups excluding carboxylic acids is 2. The number of nitrogens with zero attached hydrogens (tertiary/aromatic N) is 2. The number of hydrazine groups is 1. The predicted molar refractivity (Wildman–Crippen MR) is 116 cm³/mol. The molecule has 0 aliphatic carbocycles. The van der Waals surface area contributed by atoms with Gasteiger partial charge >= 0.3 is 6.03 Å². The highest BCUT2D eigenvalue weighted by Crippen LogP contribution is 2.30. The Labute approximate surface area is 184 Å². The maximum absolute atomic E-state index is 13.6. The van der Waals surface area contributed by atoms with Crippen LogP contribution in [0.4, 0.5) is 20.6 Å². The second kappa shape index (κ2) is 9.30. The highest BCUT2D eigenvalue weighted by molar-refractivity contribution is 6.33. The van der Waals surface area contributed by atoms with E-state index in [1.807, 2.05) is 18.2 Å². The Morgan fingerprint density at radius 2 is 2.03 bits per heavy atom. The number of hydrogen-bond donors (Lipinski definition) is 3. The predicted octanol–water partition coefficient (Wildman–Crippen LogP) is 2.74. The van der Waals surface area contributed by atoms with Gasteiger partial charge in [-0.3, -0.25) is 14.8 Å².